The van der Waals surface area contributed by atoms with E-state index in [-0.39, 0.29) is 18.3 Å². The number of halogens is 1. The molecule has 1 aromatic heterocycles. The molecule has 0 saturated heterocycles. The van der Waals surface area contributed by atoms with Crippen LogP contribution in [0.1, 0.15) is 37.1 Å². The van der Waals surface area contributed by atoms with Gasteiger partial charge in [-0.1, -0.05) is 13.3 Å². The molecule has 0 aliphatic carbocycles. The highest BCUT2D eigenvalue weighted by Gasteiger charge is 2.28. The van der Waals surface area contributed by atoms with Gasteiger partial charge in [0.1, 0.15) is 6.04 Å². The van der Waals surface area contributed by atoms with Crippen molar-refractivity contribution in [2.45, 2.75) is 51.7 Å². The zero-order chi connectivity index (χ0) is 15.4. The Morgan fingerprint density at radius 3 is 2.86 bits per heavy atom. The van der Waals surface area contributed by atoms with Gasteiger partial charge in [0.15, 0.2) is 0 Å². The van der Waals surface area contributed by atoms with E-state index >= 15 is 0 Å². The van der Waals surface area contributed by atoms with Gasteiger partial charge in [0.05, 0.1) is 6.04 Å². The summed E-state index contributed by atoms with van der Waals surface area (Å²) in [5.74, 6) is -0.913. The van der Waals surface area contributed by atoms with Crippen LogP contribution in [0.4, 0.5) is 0 Å². The Morgan fingerprint density at radius 1 is 1.50 bits per heavy atom. The van der Waals surface area contributed by atoms with Crippen LogP contribution in [0.3, 0.4) is 0 Å². The van der Waals surface area contributed by atoms with E-state index in [1.54, 1.807) is 18.3 Å². The van der Waals surface area contributed by atoms with Crippen molar-refractivity contribution in [2.75, 3.05) is 6.54 Å². The molecule has 22 heavy (non-hydrogen) atoms. The summed E-state index contributed by atoms with van der Waals surface area (Å²) >= 11 is 1.74. The van der Waals surface area contributed by atoms with E-state index in [1.807, 2.05) is 11.8 Å². The lowest BCUT2D eigenvalue weighted by Gasteiger charge is -2.30. The topological polar surface area (TPSA) is 69.6 Å². The normalized spacial score (nSPS) is 16.4. The fraction of sp³-hybridized carbons (Fsp3) is 0.600. The van der Waals surface area contributed by atoms with Gasteiger partial charge in [-0.25, -0.2) is 0 Å². The number of nitrogens with zero attached hydrogens (tertiary/aromatic N) is 1. The van der Waals surface area contributed by atoms with Crippen LogP contribution in [0.2, 0.25) is 0 Å². The Labute approximate surface area is 141 Å². The molecule has 1 aliphatic rings. The number of carbonyl (C=O) groups excluding carboxylic acids is 1. The van der Waals surface area contributed by atoms with Crippen molar-refractivity contribution < 1.29 is 14.7 Å². The molecular formula is C15H23ClN2O3S. The Kier molecular flexibility index (Phi) is 7.32. The molecule has 0 bridgehead atoms. The average Bonchev–Trinajstić information content (AvgIpc) is 2.93. The summed E-state index contributed by atoms with van der Waals surface area (Å²) in [4.78, 5) is 26.8. The minimum absolute atomic E-state index is 0. The monoisotopic (exact) mass is 346 g/mol. The van der Waals surface area contributed by atoms with Crippen molar-refractivity contribution in [3.63, 3.8) is 0 Å². The Hall–Kier alpha value is -1.11. The molecular weight excluding hydrogens is 324 g/mol. The molecule has 5 nitrogen and oxygen atoms in total. The highest BCUT2D eigenvalue weighted by molar-refractivity contribution is 7.10. The molecule has 2 rings (SSSR count). The maximum atomic E-state index is 12.5. The van der Waals surface area contributed by atoms with E-state index in [4.69, 9.17) is 5.11 Å². The standard InChI is InChI=1S/C15H22N2O3S.ClH/c1-3-4-12(15(19)20)16-10(2)14(18)17-7-5-13-11(9-17)6-8-21-13;/h6,8,10,12,16H,3-5,7,9H2,1-2H3,(H,19,20);1H. The van der Waals surface area contributed by atoms with Gasteiger partial charge in [-0.05, 0) is 36.8 Å². The van der Waals surface area contributed by atoms with Gasteiger partial charge in [0.2, 0.25) is 5.91 Å². The maximum Gasteiger partial charge on any atom is 0.320 e. The first kappa shape index (κ1) is 18.9. The van der Waals surface area contributed by atoms with Crippen LogP contribution in [-0.2, 0) is 22.6 Å². The zero-order valence-corrected chi connectivity index (χ0v) is 14.5. The molecule has 0 radical (unpaired) electrons. The van der Waals surface area contributed by atoms with Gasteiger partial charge in [0.25, 0.3) is 0 Å². The number of fused-ring (bicyclic) bond motifs is 1. The summed E-state index contributed by atoms with van der Waals surface area (Å²) in [6, 6.07) is 0.933. The fourth-order valence-electron chi connectivity index (χ4n) is 2.65. The summed E-state index contributed by atoms with van der Waals surface area (Å²) in [7, 11) is 0. The lowest BCUT2D eigenvalue weighted by molar-refractivity contribution is -0.141. The largest absolute Gasteiger partial charge is 0.480 e. The number of rotatable bonds is 6. The molecule has 124 valence electrons. The molecule has 2 N–H and O–H groups in total. The number of carbonyl (C=O) groups is 2. The molecule has 0 saturated carbocycles. The first-order valence-electron chi connectivity index (χ1n) is 7.35. The average molecular weight is 347 g/mol. The van der Waals surface area contributed by atoms with Gasteiger partial charge in [-0.2, -0.15) is 0 Å². The molecule has 1 aromatic rings. The molecule has 2 unspecified atom stereocenters. The number of hydrogen-bond acceptors (Lipinski definition) is 4. The third kappa shape index (κ3) is 4.44. The van der Waals surface area contributed by atoms with Crippen LogP contribution in [-0.4, -0.2) is 40.5 Å². The number of amides is 1. The number of carboxylic acid groups (broad SMARTS) is 1. The van der Waals surface area contributed by atoms with Gasteiger partial charge in [-0.15, -0.1) is 23.7 Å². The number of thiophene rings is 1. The van der Waals surface area contributed by atoms with Crippen molar-refractivity contribution in [3.8, 4) is 0 Å². The van der Waals surface area contributed by atoms with Gasteiger partial charge in [-0.3, -0.25) is 14.9 Å². The van der Waals surface area contributed by atoms with Crippen molar-refractivity contribution in [1.29, 1.82) is 0 Å². The second kappa shape index (κ2) is 8.50. The third-order valence-corrected chi connectivity index (χ3v) is 4.84. The lowest BCUT2D eigenvalue weighted by atomic mass is 10.1. The SMILES string of the molecule is CCCC(NC(C)C(=O)N1CCc2sccc2C1)C(=O)O.Cl. The first-order chi connectivity index (χ1) is 10.0. The fourth-order valence-corrected chi connectivity index (χ4v) is 3.54. The van der Waals surface area contributed by atoms with Gasteiger partial charge < -0.3 is 10.0 Å². The summed E-state index contributed by atoms with van der Waals surface area (Å²) in [6.07, 6.45) is 2.19. The van der Waals surface area contributed by atoms with Gasteiger partial charge in [0, 0.05) is 18.0 Å². The number of nitrogens with one attached hydrogen (secondary N) is 1. The number of hydrogen-bond donors (Lipinski definition) is 2. The van der Waals surface area contributed by atoms with Crippen molar-refractivity contribution >= 4 is 35.6 Å². The first-order valence-corrected chi connectivity index (χ1v) is 8.23. The highest BCUT2D eigenvalue weighted by Crippen LogP contribution is 2.24. The minimum atomic E-state index is -0.893. The second-order valence-corrected chi connectivity index (χ2v) is 6.45. The van der Waals surface area contributed by atoms with Crippen LogP contribution in [0.25, 0.3) is 0 Å². The number of carboxylic acids is 1. The Bertz CT molecular complexity index is 521. The molecule has 7 heteroatoms. The predicted octanol–water partition coefficient (Wildman–Crippen LogP) is 2.29. The predicted molar refractivity (Wildman–Crippen MR) is 89.6 cm³/mol. The summed E-state index contributed by atoms with van der Waals surface area (Å²) in [5.41, 5.74) is 1.22. The molecule has 1 amide bonds. The molecule has 2 atom stereocenters. The minimum Gasteiger partial charge on any atom is -0.480 e. The van der Waals surface area contributed by atoms with E-state index < -0.39 is 18.1 Å². The van der Waals surface area contributed by atoms with Crippen LogP contribution in [0.15, 0.2) is 11.4 Å². The maximum absolute atomic E-state index is 12.5. The van der Waals surface area contributed by atoms with Crippen LogP contribution in [0.5, 0.6) is 0 Å². The quantitative estimate of drug-likeness (QED) is 0.829. The van der Waals surface area contributed by atoms with Crippen LogP contribution in [0, 0.1) is 0 Å². The lowest BCUT2D eigenvalue weighted by Crippen LogP contribution is -2.51. The molecule has 0 aromatic carbocycles. The Morgan fingerprint density at radius 2 is 2.23 bits per heavy atom. The van der Waals surface area contributed by atoms with E-state index in [0.29, 0.717) is 19.5 Å². The Balaban J connectivity index is 0.00000242. The van der Waals surface area contributed by atoms with E-state index in [1.165, 1.54) is 10.4 Å². The highest BCUT2D eigenvalue weighted by atomic mass is 35.5. The molecule has 2 heterocycles. The van der Waals surface area contributed by atoms with Gasteiger partial charge >= 0.3 is 5.97 Å². The van der Waals surface area contributed by atoms with Crippen LogP contribution < -0.4 is 5.32 Å². The van der Waals surface area contributed by atoms with E-state index in [9.17, 15) is 9.59 Å². The van der Waals surface area contributed by atoms with E-state index in [0.717, 1.165) is 12.8 Å². The number of aliphatic carboxylic acids is 1. The zero-order valence-electron chi connectivity index (χ0n) is 12.9. The molecule has 0 spiro atoms. The molecule has 0 fully saturated rings. The van der Waals surface area contributed by atoms with Crippen molar-refractivity contribution in [2.24, 2.45) is 0 Å². The second-order valence-electron chi connectivity index (χ2n) is 5.45. The molecule has 1 aliphatic heterocycles. The van der Waals surface area contributed by atoms with Crippen molar-refractivity contribution in [1.82, 2.24) is 10.2 Å². The third-order valence-electron chi connectivity index (χ3n) is 3.82. The van der Waals surface area contributed by atoms with Crippen LogP contribution >= 0.6 is 23.7 Å². The summed E-state index contributed by atoms with van der Waals surface area (Å²) in [6.45, 7) is 5.03. The summed E-state index contributed by atoms with van der Waals surface area (Å²) < 4.78 is 0. The smallest absolute Gasteiger partial charge is 0.320 e. The summed E-state index contributed by atoms with van der Waals surface area (Å²) in [5, 5.41) is 14.2. The van der Waals surface area contributed by atoms with Crippen molar-refractivity contribution in [3.05, 3.63) is 21.9 Å². The van der Waals surface area contributed by atoms with E-state index in [2.05, 4.69) is 16.8 Å².